The van der Waals surface area contributed by atoms with Crippen molar-refractivity contribution in [2.24, 2.45) is 12.0 Å². The van der Waals surface area contributed by atoms with E-state index >= 15 is 0 Å². The molecule has 0 radical (unpaired) electrons. The monoisotopic (exact) mass is 307 g/mol. The maximum atomic E-state index is 12.8. The van der Waals surface area contributed by atoms with E-state index in [-0.39, 0.29) is 0 Å². The van der Waals surface area contributed by atoms with Crippen molar-refractivity contribution in [1.82, 2.24) is 9.78 Å². The van der Waals surface area contributed by atoms with E-state index in [2.05, 4.69) is 10.1 Å². The first-order chi connectivity index (χ1) is 10.3. The van der Waals surface area contributed by atoms with Crippen molar-refractivity contribution >= 4 is 17.9 Å². The van der Waals surface area contributed by atoms with E-state index < -0.39 is 11.9 Å². The van der Waals surface area contributed by atoms with Crippen LogP contribution in [0.1, 0.15) is 18.3 Å². The summed E-state index contributed by atoms with van der Waals surface area (Å²) in [5.74, 6) is 0. The topological polar surface area (TPSA) is 30.2 Å². The molecule has 0 unspecified atom stereocenters. The molecule has 0 saturated heterocycles. The third-order valence-electron chi connectivity index (χ3n) is 3.32. The summed E-state index contributed by atoms with van der Waals surface area (Å²) in [5, 5.41) is 5.29. The molecule has 1 heterocycles. The van der Waals surface area contributed by atoms with Gasteiger partial charge in [-0.15, -0.1) is 0 Å². The summed E-state index contributed by atoms with van der Waals surface area (Å²) in [5.41, 5.74) is 0.268. The molecule has 1 aromatic carbocycles. The standard InChI is InChI=1S/C16H16F3N3/c1-11(13-7-5-4-6-12(13)8-9-20-2)14-10-15(16(17,18)19)21-22(14)3/h4-10H,1-3H3/b12-8-,13-11+,20-9+. The van der Waals surface area contributed by atoms with Gasteiger partial charge in [0.05, 0.1) is 5.69 Å². The smallest absolute Gasteiger partial charge is 0.296 e. The van der Waals surface area contributed by atoms with Crippen molar-refractivity contribution in [3.8, 4) is 0 Å². The minimum Gasteiger partial charge on any atom is -0.296 e. The summed E-state index contributed by atoms with van der Waals surface area (Å²) in [6.07, 6.45) is -0.979. The highest BCUT2D eigenvalue weighted by molar-refractivity contribution is 5.90. The average molecular weight is 307 g/mol. The number of aromatic nitrogens is 2. The molecule has 0 saturated carbocycles. The first-order valence-electron chi connectivity index (χ1n) is 6.64. The maximum Gasteiger partial charge on any atom is 0.435 e. The Hall–Kier alpha value is -2.37. The SMILES string of the molecule is C/N=C/C=c1/cccc/c1=C(/C)c1cc(C(F)(F)F)nn1C. The number of alkyl halides is 3. The molecule has 1 aromatic heterocycles. The van der Waals surface area contributed by atoms with Gasteiger partial charge < -0.3 is 0 Å². The zero-order valence-corrected chi connectivity index (χ0v) is 12.5. The van der Waals surface area contributed by atoms with Crippen LogP contribution in [-0.4, -0.2) is 23.0 Å². The van der Waals surface area contributed by atoms with E-state index in [1.165, 1.54) is 11.7 Å². The molecule has 0 aliphatic carbocycles. The van der Waals surface area contributed by atoms with Crippen LogP contribution < -0.4 is 10.4 Å². The Morgan fingerprint density at radius 1 is 1.27 bits per heavy atom. The van der Waals surface area contributed by atoms with Crippen molar-refractivity contribution < 1.29 is 13.2 Å². The van der Waals surface area contributed by atoms with Crippen molar-refractivity contribution in [3.63, 3.8) is 0 Å². The fourth-order valence-electron chi connectivity index (χ4n) is 2.23. The van der Waals surface area contributed by atoms with Crippen molar-refractivity contribution in [3.05, 3.63) is 52.2 Å². The quantitative estimate of drug-likeness (QED) is 0.782. The Kier molecular flexibility index (Phi) is 4.49. The number of benzene rings is 1. The molecule has 0 aliphatic rings. The molecule has 0 bridgehead atoms. The molecule has 2 aromatic rings. The van der Waals surface area contributed by atoms with Crippen LogP contribution in [0.25, 0.3) is 11.6 Å². The number of halogens is 3. The third-order valence-corrected chi connectivity index (χ3v) is 3.32. The molecule has 2 rings (SSSR count). The molecule has 22 heavy (non-hydrogen) atoms. The van der Waals surface area contributed by atoms with E-state index in [0.29, 0.717) is 5.69 Å². The summed E-state index contributed by atoms with van der Waals surface area (Å²) >= 11 is 0. The van der Waals surface area contributed by atoms with Gasteiger partial charge in [0, 0.05) is 20.3 Å². The summed E-state index contributed by atoms with van der Waals surface area (Å²) in [4.78, 5) is 3.90. The minimum absolute atomic E-state index is 0.432. The Labute approximate surface area is 126 Å². The van der Waals surface area contributed by atoms with Crippen LogP contribution in [0.3, 0.4) is 0 Å². The lowest BCUT2D eigenvalue weighted by Gasteiger charge is -2.02. The Morgan fingerprint density at radius 3 is 2.55 bits per heavy atom. The van der Waals surface area contributed by atoms with Crippen LogP contribution in [0.2, 0.25) is 0 Å². The van der Waals surface area contributed by atoms with Gasteiger partial charge in [-0.05, 0) is 35.1 Å². The zero-order chi connectivity index (χ0) is 16.3. The maximum absolute atomic E-state index is 12.8. The van der Waals surface area contributed by atoms with Crippen LogP contribution in [0.4, 0.5) is 13.2 Å². The second-order valence-electron chi connectivity index (χ2n) is 4.82. The number of hydrogen-bond acceptors (Lipinski definition) is 2. The third kappa shape index (κ3) is 3.27. The first-order valence-corrected chi connectivity index (χ1v) is 6.64. The largest absolute Gasteiger partial charge is 0.435 e. The summed E-state index contributed by atoms with van der Waals surface area (Å²) < 4.78 is 39.6. The Balaban J connectivity index is 2.71. The highest BCUT2D eigenvalue weighted by atomic mass is 19.4. The molecular weight excluding hydrogens is 291 g/mol. The average Bonchev–Trinajstić information content (AvgIpc) is 2.87. The Bertz CT molecular complexity index is 814. The number of hydrogen-bond donors (Lipinski definition) is 0. The number of aliphatic imine (C=N–C) groups is 1. The van der Waals surface area contributed by atoms with Gasteiger partial charge in [-0.2, -0.15) is 18.3 Å². The molecule has 0 spiro atoms. The Morgan fingerprint density at radius 2 is 1.95 bits per heavy atom. The fourth-order valence-corrected chi connectivity index (χ4v) is 2.23. The van der Waals surface area contributed by atoms with Crippen molar-refractivity contribution in [2.45, 2.75) is 13.1 Å². The van der Waals surface area contributed by atoms with Crippen molar-refractivity contribution in [2.75, 3.05) is 7.05 Å². The lowest BCUT2D eigenvalue weighted by molar-refractivity contribution is -0.141. The molecule has 0 N–H and O–H groups in total. The van der Waals surface area contributed by atoms with Gasteiger partial charge >= 0.3 is 6.18 Å². The molecule has 0 fully saturated rings. The van der Waals surface area contributed by atoms with Gasteiger partial charge in [0.1, 0.15) is 0 Å². The van der Waals surface area contributed by atoms with Gasteiger partial charge in [0.15, 0.2) is 5.69 Å². The molecular formula is C16H16F3N3. The first kappa shape index (κ1) is 16.0. The summed E-state index contributed by atoms with van der Waals surface area (Å²) in [6, 6.07) is 8.54. The van der Waals surface area contributed by atoms with Gasteiger partial charge in [-0.3, -0.25) is 9.67 Å². The number of aryl methyl sites for hydroxylation is 1. The van der Waals surface area contributed by atoms with Gasteiger partial charge in [0.25, 0.3) is 0 Å². The van der Waals surface area contributed by atoms with Crippen LogP contribution in [0.15, 0.2) is 35.3 Å². The fraction of sp³-hybridized carbons (Fsp3) is 0.250. The second kappa shape index (κ2) is 6.17. The van der Waals surface area contributed by atoms with Gasteiger partial charge in [-0.1, -0.05) is 24.3 Å². The van der Waals surface area contributed by atoms with Crippen LogP contribution in [-0.2, 0) is 13.2 Å². The summed E-state index contributed by atoms with van der Waals surface area (Å²) in [6.45, 7) is 1.78. The predicted octanol–water partition coefficient (Wildman–Crippen LogP) is 2.14. The highest BCUT2D eigenvalue weighted by Crippen LogP contribution is 2.29. The van der Waals surface area contributed by atoms with Crippen LogP contribution in [0, 0.1) is 0 Å². The second-order valence-corrected chi connectivity index (χ2v) is 4.82. The minimum atomic E-state index is -4.45. The highest BCUT2D eigenvalue weighted by Gasteiger charge is 2.34. The van der Waals surface area contributed by atoms with Crippen LogP contribution in [0.5, 0.6) is 0 Å². The van der Waals surface area contributed by atoms with E-state index in [1.54, 1.807) is 20.2 Å². The van der Waals surface area contributed by atoms with Crippen molar-refractivity contribution in [1.29, 1.82) is 0 Å². The van der Waals surface area contributed by atoms with E-state index in [9.17, 15) is 13.2 Å². The molecule has 6 heteroatoms. The molecule has 0 amide bonds. The predicted molar refractivity (Wildman–Crippen MR) is 81.0 cm³/mol. The number of rotatable bonds is 2. The number of nitrogens with zero attached hydrogens (tertiary/aromatic N) is 3. The lowest BCUT2D eigenvalue weighted by Crippen LogP contribution is -2.27. The molecule has 0 aliphatic heterocycles. The normalized spacial score (nSPS) is 14.7. The van der Waals surface area contributed by atoms with Gasteiger partial charge in [-0.25, -0.2) is 0 Å². The van der Waals surface area contributed by atoms with E-state index in [4.69, 9.17) is 0 Å². The molecule has 3 nitrogen and oxygen atoms in total. The lowest BCUT2D eigenvalue weighted by atomic mass is 10.1. The zero-order valence-electron chi connectivity index (χ0n) is 12.5. The van der Waals surface area contributed by atoms with E-state index in [1.807, 2.05) is 30.3 Å². The van der Waals surface area contributed by atoms with E-state index in [0.717, 1.165) is 22.1 Å². The molecule has 116 valence electrons. The molecule has 0 atom stereocenters. The van der Waals surface area contributed by atoms with Gasteiger partial charge in [0.2, 0.25) is 0 Å². The summed E-state index contributed by atoms with van der Waals surface area (Å²) in [7, 11) is 3.17. The van der Waals surface area contributed by atoms with Crippen LogP contribution >= 0.6 is 0 Å².